The maximum absolute atomic E-state index is 13.9. The van der Waals surface area contributed by atoms with Crippen molar-refractivity contribution in [2.45, 2.75) is 187 Å². The predicted molar refractivity (Wildman–Crippen MR) is 218 cm³/mol. The molecule has 0 radical (unpaired) electrons. The Bertz CT molecular complexity index is 1290. The fourth-order valence-corrected chi connectivity index (χ4v) is 7.45. The van der Waals surface area contributed by atoms with Crippen LogP contribution in [0.4, 0.5) is 0 Å². The summed E-state index contributed by atoms with van der Waals surface area (Å²) in [6, 6.07) is -0.737. The minimum atomic E-state index is -0.838. The van der Waals surface area contributed by atoms with Crippen molar-refractivity contribution >= 4 is 17.7 Å². The van der Waals surface area contributed by atoms with Crippen molar-refractivity contribution in [1.29, 1.82) is 0 Å². The minimum absolute atomic E-state index is 0.00863. The van der Waals surface area contributed by atoms with Gasteiger partial charge in [-0.25, -0.2) is 4.79 Å². The largest absolute Gasteiger partial charge is 0.456 e. The summed E-state index contributed by atoms with van der Waals surface area (Å²) < 4.78 is 6.16. The van der Waals surface area contributed by atoms with Crippen molar-refractivity contribution in [3.8, 4) is 0 Å². The number of carbonyl (C=O) groups excluding carboxylic acids is 3. The van der Waals surface area contributed by atoms with E-state index in [-0.39, 0.29) is 54.6 Å². The number of carbonyl (C=O) groups is 3. The maximum atomic E-state index is 13.9. The molecule has 1 saturated heterocycles. The number of ether oxygens (including phenoxy) is 1. The van der Waals surface area contributed by atoms with Crippen molar-refractivity contribution in [3.63, 3.8) is 0 Å². The number of cyclic esters (lactones) is 1. The molecule has 0 bridgehead atoms. The van der Waals surface area contributed by atoms with Crippen LogP contribution in [0.5, 0.6) is 0 Å². The number of allylic oxidation sites excluding steroid dienone is 5. The number of amides is 1. The zero-order chi connectivity index (χ0) is 41.1. The number of rotatable bonds is 10. The smallest absolute Gasteiger partial charge is 0.329 e. The second-order valence-corrected chi connectivity index (χ2v) is 16.8. The number of aliphatic hydroxyl groups excluding tert-OH is 5. The Kier molecular flexibility index (Phi) is 22.6. The molecule has 0 aromatic heterocycles. The number of hydrogen-bond acceptors (Lipinski definition) is 9. The molecule has 1 amide bonds. The van der Waals surface area contributed by atoms with Crippen molar-refractivity contribution in [3.05, 3.63) is 47.6 Å². The molecule has 1 fully saturated rings. The van der Waals surface area contributed by atoms with Gasteiger partial charge in [0.1, 0.15) is 17.9 Å². The van der Waals surface area contributed by atoms with Crippen LogP contribution in [0.25, 0.3) is 0 Å². The summed E-state index contributed by atoms with van der Waals surface area (Å²) in [6.45, 7) is 13.9. The Morgan fingerprint density at radius 3 is 2.36 bits per heavy atom. The van der Waals surface area contributed by atoms with Crippen LogP contribution >= 0.6 is 0 Å². The molecule has 2 aliphatic rings. The van der Waals surface area contributed by atoms with Crippen molar-refractivity contribution in [2.24, 2.45) is 23.7 Å². The molecule has 10 nitrogen and oxygen atoms in total. The summed E-state index contributed by atoms with van der Waals surface area (Å²) in [4.78, 5) is 42.8. The standard InChI is InChI=1S/C45H75NO9/c1-8-38(48)40(50)19-14-17-32(4)39(49)24-22-34(6)43-29-42(52)35(7)27-31(3)15-10-9-11-16-33(5)41(51)28-36(47)23-20-30(2)21-25-44(53)46-26-13-12-18-37(46)45(54)55-43/h9-11,15-16,22,30-32,35-41,43,47-51H,8,12-14,17-21,23-29H2,1-7H3. The molecule has 0 aliphatic carbocycles. The second kappa shape index (κ2) is 25.6. The fraction of sp³-hybridized carbons (Fsp3) is 0.756. The van der Waals surface area contributed by atoms with Crippen LogP contribution in [0, 0.1) is 23.7 Å². The average molecular weight is 774 g/mol. The summed E-state index contributed by atoms with van der Waals surface area (Å²) in [7, 11) is 0. The number of aliphatic hydroxyl groups is 5. The number of esters is 1. The highest BCUT2D eigenvalue weighted by Crippen LogP contribution is 2.27. The van der Waals surface area contributed by atoms with Crippen LogP contribution in [0.15, 0.2) is 47.6 Å². The Hall–Kier alpha value is -2.63. The third-order valence-electron chi connectivity index (χ3n) is 11.8. The molecule has 10 heteroatoms. The zero-order valence-electron chi connectivity index (χ0n) is 34.9. The van der Waals surface area contributed by atoms with E-state index in [1.54, 1.807) is 4.90 Å². The third-order valence-corrected chi connectivity index (χ3v) is 11.8. The molecule has 314 valence electrons. The summed E-state index contributed by atoms with van der Waals surface area (Å²) in [6.07, 6.45) is 14.5. The highest BCUT2D eigenvalue weighted by molar-refractivity contribution is 5.86. The van der Waals surface area contributed by atoms with Gasteiger partial charge in [0.05, 0.1) is 30.5 Å². The van der Waals surface area contributed by atoms with Gasteiger partial charge in [-0.3, -0.25) is 9.59 Å². The SMILES string of the molecule is CCC(O)C(O)CCCC(C)C(O)CC=C(C)C1CC(=O)C(C)CC(C)C=CC=CC=C(C)C(O)CC(O)CCC(C)CCC(=O)N2CCCCC2C(=O)O1. The second-order valence-electron chi connectivity index (χ2n) is 16.8. The molecule has 2 heterocycles. The Balaban J connectivity index is 2.30. The van der Waals surface area contributed by atoms with Crippen LogP contribution < -0.4 is 0 Å². The van der Waals surface area contributed by atoms with Crippen molar-refractivity contribution in [1.82, 2.24) is 4.90 Å². The molecule has 2 rings (SSSR count). The lowest BCUT2D eigenvalue weighted by molar-refractivity contribution is -0.161. The zero-order valence-corrected chi connectivity index (χ0v) is 34.9. The lowest BCUT2D eigenvalue weighted by Crippen LogP contribution is -2.49. The van der Waals surface area contributed by atoms with Crippen molar-refractivity contribution in [2.75, 3.05) is 6.54 Å². The van der Waals surface area contributed by atoms with Gasteiger partial charge in [0.2, 0.25) is 5.91 Å². The number of piperidine rings is 1. The van der Waals surface area contributed by atoms with Gasteiger partial charge < -0.3 is 35.2 Å². The number of hydrogen-bond donors (Lipinski definition) is 5. The number of nitrogens with zero attached hydrogens (tertiary/aromatic N) is 1. The maximum Gasteiger partial charge on any atom is 0.329 e. The van der Waals surface area contributed by atoms with Gasteiger partial charge in [-0.15, -0.1) is 0 Å². The minimum Gasteiger partial charge on any atom is -0.456 e. The molecule has 0 spiro atoms. The quantitative estimate of drug-likeness (QED) is 0.117. The topological polar surface area (TPSA) is 165 Å². The molecule has 0 aromatic carbocycles. The Morgan fingerprint density at radius 1 is 0.927 bits per heavy atom. The van der Waals surface area contributed by atoms with Gasteiger partial charge >= 0.3 is 5.97 Å². The first-order valence-corrected chi connectivity index (χ1v) is 21.1. The first-order chi connectivity index (χ1) is 26.0. The van der Waals surface area contributed by atoms with Crippen LogP contribution in [0.2, 0.25) is 0 Å². The van der Waals surface area contributed by atoms with Crippen molar-refractivity contribution < 1.29 is 44.7 Å². The first-order valence-electron chi connectivity index (χ1n) is 21.1. The average Bonchev–Trinajstić information content (AvgIpc) is 3.16. The van der Waals surface area contributed by atoms with E-state index in [4.69, 9.17) is 4.74 Å². The number of Topliss-reactive ketones (excluding diaryl/α,β-unsaturated/α-hetero) is 1. The summed E-state index contributed by atoms with van der Waals surface area (Å²) in [5.74, 6) is -0.776. The monoisotopic (exact) mass is 774 g/mol. The third kappa shape index (κ3) is 18.0. The normalized spacial score (nSPS) is 30.3. The Labute approximate surface area is 331 Å². The van der Waals surface area contributed by atoms with Crippen LogP contribution in [-0.2, 0) is 19.1 Å². The van der Waals surface area contributed by atoms with Gasteiger partial charge in [0.25, 0.3) is 0 Å². The van der Waals surface area contributed by atoms with E-state index in [1.165, 1.54) is 0 Å². The van der Waals surface area contributed by atoms with Gasteiger partial charge in [0, 0.05) is 31.7 Å². The van der Waals surface area contributed by atoms with Gasteiger partial charge in [0.15, 0.2) is 0 Å². The molecule has 0 saturated carbocycles. The fourth-order valence-electron chi connectivity index (χ4n) is 7.45. The summed E-state index contributed by atoms with van der Waals surface area (Å²) >= 11 is 0. The highest BCUT2D eigenvalue weighted by Gasteiger charge is 2.35. The highest BCUT2D eigenvalue weighted by atomic mass is 16.5. The molecule has 11 unspecified atom stereocenters. The van der Waals surface area contributed by atoms with E-state index in [0.29, 0.717) is 76.3 Å². The van der Waals surface area contributed by atoms with E-state index in [9.17, 15) is 39.9 Å². The van der Waals surface area contributed by atoms with E-state index in [2.05, 4.69) is 0 Å². The van der Waals surface area contributed by atoms with Gasteiger partial charge in [-0.05, 0) is 113 Å². The van der Waals surface area contributed by atoms with E-state index >= 15 is 0 Å². The molecule has 5 N–H and O–H groups in total. The summed E-state index contributed by atoms with van der Waals surface area (Å²) in [5, 5.41) is 52.2. The molecule has 2 aliphatic heterocycles. The van der Waals surface area contributed by atoms with E-state index < -0.39 is 48.6 Å². The predicted octanol–water partition coefficient (Wildman–Crippen LogP) is 6.92. The number of fused-ring (bicyclic) bond motifs is 1. The number of ketones is 1. The Morgan fingerprint density at radius 2 is 1.65 bits per heavy atom. The molecule has 11 atom stereocenters. The van der Waals surface area contributed by atoms with E-state index in [0.717, 1.165) is 18.4 Å². The molecule has 0 aromatic rings. The lowest BCUT2D eigenvalue weighted by Gasteiger charge is -2.35. The van der Waals surface area contributed by atoms with E-state index in [1.807, 2.05) is 84.9 Å². The molecular formula is C45H75NO9. The summed E-state index contributed by atoms with van der Waals surface area (Å²) in [5.41, 5.74) is 1.44. The first kappa shape index (κ1) is 48.5. The lowest BCUT2D eigenvalue weighted by atomic mass is 9.89. The van der Waals surface area contributed by atoms with Crippen LogP contribution in [0.3, 0.4) is 0 Å². The molecular weight excluding hydrogens is 698 g/mol. The molecule has 55 heavy (non-hydrogen) atoms. The van der Waals surface area contributed by atoms with Crippen LogP contribution in [-0.4, -0.2) is 97.3 Å². The van der Waals surface area contributed by atoms with Gasteiger partial charge in [-0.1, -0.05) is 77.5 Å². The van der Waals surface area contributed by atoms with Gasteiger partial charge in [-0.2, -0.15) is 0 Å². The van der Waals surface area contributed by atoms with Crippen LogP contribution in [0.1, 0.15) is 145 Å².